The standard InChI is InChI=1S/C40H32NSSi/c1-3-43(4-2)36-21-13-10-17-29(36)32-24-26(22-23-37(32)43)31-25-33-28-16-8-11-19-34(28)41(27-14-6-5-7-15-27)39(33)40-38(31)30-18-9-12-20-35(30)42-40/h5-25,43H,3-4H2,1-2H3/q-1. The molecule has 8 aromatic rings. The van der Waals surface area contributed by atoms with E-state index in [1.54, 1.807) is 10.4 Å². The molecule has 1 nitrogen and oxygen atoms in total. The van der Waals surface area contributed by atoms with Crippen LogP contribution in [0.4, 0.5) is 0 Å². The summed E-state index contributed by atoms with van der Waals surface area (Å²) in [5.41, 5.74) is 9.38. The van der Waals surface area contributed by atoms with Crippen molar-refractivity contribution in [3.8, 4) is 27.9 Å². The maximum atomic E-state index is 2.53. The van der Waals surface area contributed by atoms with Gasteiger partial charge in [-0.3, -0.25) is 0 Å². The Kier molecular flexibility index (Phi) is 5.41. The first kappa shape index (κ1) is 25.1. The Morgan fingerprint density at radius 3 is 2.12 bits per heavy atom. The molecule has 0 amide bonds. The molecule has 0 spiro atoms. The summed E-state index contributed by atoms with van der Waals surface area (Å²) in [5, 5.41) is 8.64. The van der Waals surface area contributed by atoms with Crippen molar-refractivity contribution in [3.05, 3.63) is 127 Å². The van der Waals surface area contributed by atoms with Crippen LogP contribution in [-0.4, -0.2) is 12.6 Å². The zero-order chi connectivity index (χ0) is 28.7. The number of aromatic nitrogens is 1. The first-order chi connectivity index (χ1) is 21.2. The van der Waals surface area contributed by atoms with Crippen LogP contribution in [0.1, 0.15) is 13.8 Å². The first-order valence-electron chi connectivity index (χ1n) is 15.6. The number of rotatable bonds is 4. The van der Waals surface area contributed by atoms with Gasteiger partial charge in [0.2, 0.25) is 0 Å². The van der Waals surface area contributed by atoms with E-state index in [1.807, 2.05) is 11.3 Å². The van der Waals surface area contributed by atoms with Gasteiger partial charge >= 0.3 is 252 Å². The van der Waals surface area contributed by atoms with Gasteiger partial charge in [-0.25, -0.2) is 0 Å². The van der Waals surface area contributed by atoms with Gasteiger partial charge in [0.25, 0.3) is 0 Å². The fraction of sp³-hybridized carbons (Fsp3) is 0.100. The van der Waals surface area contributed by atoms with Gasteiger partial charge in [-0.15, -0.1) is 0 Å². The molecule has 3 heterocycles. The molecule has 0 saturated heterocycles. The van der Waals surface area contributed by atoms with Crippen molar-refractivity contribution in [2.45, 2.75) is 25.9 Å². The summed E-state index contributed by atoms with van der Waals surface area (Å²) in [6.07, 6.45) is 0. The minimum atomic E-state index is -2.11. The van der Waals surface area contributed by atoms with Crippen molar-refractivity contribution in [1.82, 2.24) is 4.57 Å². The summed E-state index contributed by atoms with van der Waals surface area (Å²) in [6.45, 7) is 4.84. The molecule has 6 aromatic carbocycles. The van der Waals surface area contributed by atoms with Crippen LogP contribution in [-0.2, 0) is 0 Å². The zero-order valence-corrected chi connectivity index (χ0v) is 26.4. The van der Waals surface area contributed by atoms with Gasteiger partial charge in [0, 0.05) is 0 Å². The van der Waals surface area contributed by atoms with Gasteiger partial charge < -0.3 is 0 Å². The summed E-state index contributed by atoms with van der Waals surface area (Å²) in [7, 11) is -2.11. The first-order valence-corrected chi connectivity index (χ1v) is 19.2. The summed E-state index contributed by atoms with van der Waals surface area (Å²) in [4.78, 5) is 0. The van der Waals surface area contributed by atoms with E-state index < -0.39 is 8.07 Å². The number of fused-ring (bicyclic) bond motifs is 10. The fourth-order valence-electron chi connectivity index (χ4n) is 8.40. The molecule has 0 N–H and O–H groups in total. The predicted octanol–water partition coefficient (Wildman–Crippen LogP) is 10.1. The summed E-state index contributed by atoms with van der Waals surface area (Å²) in [6, 6.07) is 50.5. The van der Waals surface area contributed by atoms with Crippen molar-refractivity contribution < 1.29 is 0 Å². The van der Waals surface area contributed by atoms with Crippen molar-refractivity contribution in [1.29, 1.82) is 0 Å². The predicted molar refractivity (Wildman–Crippen MR) is 192 cm³/mol. The molecule has 1 aliphatic heterocycles. The van der Waals surface area contributed by atoms with Crippen LogP contribution in [0.5, 0.6) is 0 Å². The van der Waals surface area contributed by atoms with Crippen LogP contribution < -0.4 is 10.4 Å². The molecular formula is C40H32NSSi-. The van der Waals surface area contributed by atoms with Gasteiger partial charge in [-0.05, 0) is 0 Å². The molecule has 43 heavy (non-hydrogen) atoms. The minimum absolute atomic E-state index is 1.20. The summed E-state index contributed by atoms with van der Waals surface area (Å²) in [5.74, 6) is 0. The number of hydrogen-bond donors (Lipinski definition) is 0. The van der Waals surface area contributed by atoms with Crippen molar-refractivity contribution in [2.24, 2.45) is 0 Å². The number of hydrogen-bond acceptors (Lipinski definition) is 1. The van der Waals surface area contributed by atoms with Crippen LogP contribution in [0, 0.1) is 0 Å². The third-order valence-corrected chi connectivity index (χ3v) is 17.8. The van der Waals surface area contributed by atoms with Gasteiger partial charge in [-0.1, -0.05) is 6.07 Å². The monoisotopic (exact) mass is 586 g/mol. The third-order valence-electron chi connectivity index (χ3n) is 10.5. The molecule has 1 aliphatic rings. The molecule has 0 radical (unpaired) electrons. The molecule has 0 saturated carbocycles. The maximum absolute atomic E-state index is 2.53. The van der Waals surface area contributed by atoms with Crippen molar-refractivity contribution >= 4 is 71.8 Å². The number of para-hydroxylation sites is 2. The van der Waals surface area contributed by atoms with Gasteiger partial charge in [0.15, 0.2) is 0 Å². The van der Waals surface area contributed by atoms with Crippen LogP contribution in [0.15, 0.2) is 127 Å². The Bertz CT molecular complexity index is 2370. The van der Waals surface area contributed by atoms with E-state index in [0.717, 1.165) is 0 Å². The number of thiophene rings is 1. The van der Waals surface area contributed by atoms with E-state index in [2.05, 4.69) is 146 Å². The molecule has 0 aliphatic carbocycles. The van der Waals surface area contributed by atoms with Crippen molar-refractivity contribution in [3.63, 3.8) is 0 Å². The molecule has 0 bridgehead atoms. The average Bonchev–Trinajstić information content (AvgIpc) is 3.71. The van der Waals surface area contributed by atoms with Gasteiger partial charge in [-0.2, -0.15) is 0 Å². The molecular weight excluding hydrogens is 555 g/mol. The van der Waals surface area contributed by atoms with E-state index in [4.69, 9.17) is 0 Å². The zero-order valence-electron chi connectivity index (χ0n) is 24.5. The molecule has 2 aromatic heterocycles. The Balaban J connectivity index is 1.43. The van der Waals surface area contributed by atoms with Crippen molar-refractivity contribution in [2.75, 3.05) is 0 Å². The molecule has 0 unspecified atom stereocenters. The summed E-state index contributed by atoms with van der Waals surface area (Å²) >= 11 is 1.93. The molecule has 0 atom stereocenters. The molecule has 9 rings (SSSR count). The second kappa shape index (κ2) is 9.28. The summed E-state index contributed by atoms with van der Waals surface area (Å²) < 4.78 is 5.18. The van der Waals surface area contributed by atoms with Crippen LogP contribution in [0.3, 0.4) is 0 Å². The third kappa shape index (κ3) is 3.32. The topological polar surface area (TPSA) is 4.93 Å². The van der Waals surface area contributed by atoms with E-state index in [0.29, 0.717) is 0 Å². The Labute approximate surface area is 256 Å². The van der Waals surface area contributed by atoms with E-state index in [-0.39, 0.29) is 0 Å². The Morgan fingerprint density at radius 2 is 1.28 bits per heavy atom. The second-order valence-electron chi connectivity index (χ2n) is 12.3. The van der Waals surface area contributed by atoms with Gasteiger partial charge in [0.05, 0.1) is 0 Å². The molecule has 3 heteroatoms. The molecule has 0 fully saturated rings. The van der Waals surface area contributed by atoms with E-state index in [1.165, 1.54) is 82.0 Å². The van der Waals surface area contributed by atoms with Crippen LogP contribution >= 0.6 is 11.3 Å². The van der Waals surface area contributed by atoms with Crippen LogP contribution in [0.2, 0.25) is 12.1 Å². The van der Waals surface area contributed by atoms with E-state index in [9.17, 15) is 0 Å². The average molecular weight is 587 g/mol. The van der Waals surface area contributed by atoms with Gasteiger partial charge in [0.1, 0.15) is 0 Å². The Hall–Kier alpha value is -4.44. The quantitative estimate of drug-likeness (QED) is 0.181. The molecule has 208 valence electrons. The normalized spacial score (nSPS) is 14.5. The number of benzene rings is 6. The fourth-order valence-corrected chi connectivity index (χ4v) is 15.0. The number of nitrogens with zero attached hydrogens (tertiary/aromatic N) is 1. The van der Waals surface area contributed by atoms with Crippen LogP contribution in [0.25, 0.3) is 69.9 Å². The SMILES string of the molecule is CC[SiH-]1(CC)c2ccccc2-c2cc(-c3cc4c5ccccc5n(-c5ccccc5)c4c4sc5ccccc5c34)ccc21. The Morgan fingerprint density at radius 1 is 0.581 bits per heavy atom. The second-order valence-corrected chi connectivity index (χ2v) is 18.7. The van der Waals surface area contributed by atoms with E-state index >= 15 is 0 Å².